The van der Waals surface area contributed by atoms with Gasteiger partial charge in [-0.15, -0.1) is 0 Å². The van der Waals surface area contributed by atoms with Crippen molar-refractivity contribution in [3.8, 4) is 11.8 Å². The molecule has 10 heteroatoms. The van der Waals surface area contributed by atoms with Gasteiger partial charge in [0.05, 0.1) is 29.8 Å². The Hall–Kier alpha value is -3.29. The molecule has 0 amide bonds. The number of sulfonamides is 1. The van der Waals surface area contributed by atoms with Crippen LogP contribution in [0.25, 0.3) is 11.8 Å². The van der Waals surface area contributed by atoms with Gasteiger partial charge < -0.3 is 4.52 Å². The van der Waals surface area contributed by atoms with Crippen LogP contribution in [0.5, 0.6) is 0 Å². The Balaban J connectivity index is 1.45. The largest absolute Gasteiger partial charge is 0.360 e. The molecule has 1 saturated carbocycles. The Bertz CT molecular complexity index is 1420. The molecule has 0 radical (unpaired) electrons. The second kappa shape index (κ2) is 8.18. The highest BCUT2D eigenvalue weighted by Crippen LogP contribution is 2.53. The lowest BCUT2D eigenvalue weighted by Crippen LogP contribution is -2.41. The van der Waals surface area contributed by atoms with E-state index in [2.05, 4.69) is 23.3 Å². The first-order valence-corrected chi connectivity index (χ1v) is 12.5. The molecule has 5 rings (SSSR count). The maximum atomic E-state index is 13.4. The molecule has 0 bridgehead atoms. The van der Waals surface area contributed by atoms with E-state index in [1.54, 1.807) is 19.1 Å². The number of allylic oxidation sites excluding steroid dienone is 1. The van der Waals surface area contributed by atoms with E-state index in [0.717, 1.165) is 29.8 Å². The van der Waals surface area contributed by atoms with Gasteiger partial charge in [0.25, 0.3) is 0 Å². The fourth-order valence-corrected chi connectivity index (χ4v) is 6.72. The third-order valence-electron chi connectivity index (χ3n) is 7.22. The molecule has 176 valence electrons. The van der Waals surface area contributed by atoms with E-state index in [9.17, 15) is 18.1 Å². The van der Waals surface area contributed by atoms with Crippen LogP contribution in [0.15, 0.2) is 51.7 Å². The van der Waals surface area contributed by atoms with Crippen LogP contribution in [-0.2, 0) is 16.4 Å². The fraction of sp³-hybridized carbons (Fsp3) is 0.375. The maximum absolute atomic E-state index is 13.4. The summed E-state index contributed by atoms with van der Waals surface area (Å²) < 4.78 is 47.9. The number of aryl methyl sites for hydroxylation is 1. The van der Waals surface area contributed by atoms with Crippen LogP contribution in [0.2, 0.25) is 0 Å². The van der Waals surface area contributed by atoms with Crippen molar-refractivity contribution in [2.24, 2.45) is 11.3 Å². The van der Waals surface area contributed by atoms with Crippen LogP contribution in [-0.4, -0.2) is 40.7 Å². The molecule has 2 aromatic heterocycles. The number of benzene rings is 1. The summed E-state index contributed by atoms with van der Waals surface area (Å²) >= 11 is 0. The number of halogens is 1. The number of nitriles is 1. The number of hydrogen-bond acceptors (Lipinski definition) is 6. The van der Waals surface area contributed by atoms with E-state index < -0.39 is 10.0 Å². The van der Waals surface area contributed by atoms with Crippen LogP contribution >= 0.6 is 0 Å². The summed E-state index contributed by atoms with van der Waals surface area (Å²) in [5.41, 5.74) is 3.81. The first kappa shape index (κ1) is 22.5. The molecule has 0 unspecified atom stereocenters. The summed E-state index contributed by atoms with van der Waals surface area (Å²) in [5.74, 6) is -0.0614. The second-order valence-electron chi connectivity index (χ2n) is 9.14. The molecule has 2 heterocycles. The molecule has 1 fully saturated rings. The lowest BCUT2D eigenvalue weighted by Gasteiger charge is -2.37. The maximum Gasteiger partial charge on any atom is 0.249 e. The number of aromatic nitrogens is 3. The average Bonchev–Trinajstić information content (AvgIpc) is 3.49. The molecular weight excluding hydrogens is 457 g/mol. The van der Waals surface area contributed by atoms with Crippen molar-refractivity contribution in [1.82, 2.24) is 19.2 Å². The van der Waals surface area contributed by atoms with Gasteiger partial charge in [-0.3, -0.25) is 0 Å². The van der Waals surface area contributed by atoms with Gasteiger partial charge in [0.15, 0.2) is 5.76 Å². The van der Waals surface area contributed by atoms with E-state index in [0.29, 0.717) is 6.42 Å². The Morgan fingerprint density at radius 3 is 2.76 bits per heavy atom. The number of hydrogen-bond donors (Lipinski definition) is 0. The van der Waals surface area contributed by atoms with E-state index in [1.807, 2.05) is 16.9 Å². The second-order valence-corrected chi connectivity index (χ2v) is 11.1. The van der Waals surface area contributed by atoms with Crippen LogP contribution < -0.4 is 0 Å². The van der Waals surface area contributed by atoms with Gasteiger partial charge in [-0.2, -0.15) is 14.7 Å². The molecule has 34 heavy (non-hydrogen) atoms. The Labute approximate surface area is 197 Å². The van der Waals surface area contributed by atoms with Crippen molar-refractivity contribution in [1.29, 1.82) is 5.26 Å². The van der Waals surface area contributed by atoms with E-state index in [-0.39, 0.29) is 40.9 Å². The van der Waals surface area contributed by atoms with Crippen LogP contribution in [0.1, 0.15) is 36.8 Å². The summed E-state index contributed by atoms with van der Waals surface area (Å²) in [6, 6.07) is 8.22. The fourth-order valence-electron chi connectivity index (χ4n) is 5.26. The third kappa shape index (κ3) is 3.56. The van der Waals surface area contributed by atoms with E-state index >= 15 is 0 Å². The topological polar surface area (TPSA) is 105 Å². The molecule has 0 N–H and O–H groups in total. The summed E-state index contributed by atoms with van der Waals surface area (Å²) in [6.07, 6.45) is 7.53. The molecule has 2 atom stereocenters. The number of rotatable bonds is 6. The van der Waals surface area contributed by atoms with Gasteiger partial charge in [0.1, 0.15) is 17.3 Å². The highest BCUT2D eigenvalue weighted by molar-refractivity contribution is 7.89. The first-order valence-electron chi connectivity index (χ1n) is 11.1. The molecule has 0 saturated heterocycles. The first-order chi connectivity index (χ1) is 16.2. The predicted molar refractivity (Wildman–Crippen MR) is 122 cm³/mol. The summed E-state index contributed by atoms with van der Waals surface area (Å²) in [4.78, 5) is -0.00632. The van der Waals surface area contributed by atoms with Crippen molar-refractivity contribution in [3.05, 3.63) is 65.1 Å². The van der Waals surface area contributed by atoms with Gasteiger partial charge in [0.2, 0.25) is 10.0 Å². The summed E-state index contributed by atoms with van der Waals surface area (Å²) in [5, 5.41) is 17.5. The van der Waals surface area contributed by atoms with Crippen LogP contribution in [0.3, 0.4) is 0 Å². The third-order valence-corrected chi connectivity index (χ3v) is 9.12. The quantitative estimate of drug-likeness (QED) is 0.495. The lowest BCUT2D eigenvalue weighted by molar-refractivity contribution is 0.227. The summed E-state index contributed by atoms with van der Waals surface area (Å²) in [6.45, 7) is 3.70. The smallest absolute Gasteiger partial charge is 0.249 e. The van der Waals surface area contributed by atoms with E-state index in [1.165, 1.54) is 28.2 Å². The number of fused-ring (bicyclic) bond motifs is 2. The minimum absolute atomic E-state index is 0.00632. The van der Waals surface area contributed by atoms with Crippen LogP contribution in [0, 0.1) is 35.4 Å². The molecule has 8 nitrogen and oxygen atoms in total. The zero-order valence-electron chi connectivity index (χ0n) is 18.9. The Morgan fingerprint density at radius 1 is 1.32 bits per heavy atom. The standard InChI is InChI=1S/C24H24FN5O3S/c1-16-23(14-28-33-16)34(31,32)29(10-9-26)15-19-4-3-18-11-22-17(12-24(18,19)2)13-27-30(22)21-7-5-20(25)6-8-21/h5-8,11,13-14,19H,3-4,10,12,15H2,1-2H3/t19-,24+/m1/s1. The SMILES string of the molecule is Cc1oncc1S(=O)(=O)N(CC#N)C[C@H]1CCC2=Cc3c(cnn3-c3ccc(F)cc3)C[C@@]21C. The monoisotopic (exact) mass is 481 g/mol. The van der Waals surface area contributed by atoms with Crippen molar-refractivity contribution < 1.29 is 17.3 Å². The molecule has 3 aromatic rings. The van der Waals surface area contributed by atoms with Crippen molar-refractivity contribution in [2.75, 3.05) is 13.1 Å². The zero-order chi connectivity index (χ0) is 24.1. The van der Waals surface area contributed by atoms with Crippen LogP contribution in [0.4, 0.5) is 4.39 Å². The van der Waals surface area contributed by atoms with Gasteiger partial charge >= 0.3 is 0 Å². The van der Waals surface area contributed by atoms with E-state index in [4.69, 9.17) is 4.52 Å². The van der Waals surface area contributed by atoms with Crippen molar-refractivity contribution in [3.63, 3.8) is 0 Å². The number of nitrogens with zero attached hydrogens (tertiary/aromatic N) is 5. The van der Waals surface area contributed by atoms with Gasteiger partial charge in [-0.1, -0.05) is 17.7 Å². The molecule has 2 aliphatic rings. The summed E-state index contributed by atoms with van der Waals surface area (Å²) in [7, 11) is -3.91. The van der Waals surface area contributed by atoms with Gasteiger partial charge in [0, 0.05) is 6.54 Å². The zero-order valence-corrected chi connectivity index (χ0v) is 19.7. The minimum Gasteiger partial charge on any atom is -0.360 e. The molecule has 0 spiro atoms. The highest BCUT2D eigenvalue weighted by Gasteiger charge is 2.47. The molecule has 2 aliphatic carbocycles. The van der Waals surface area contributed by atoms with Crippen molar-refractivity contribution in [2.45, 2.75) is 38.0 Å². The molecule has 1 aromatic carbocycles. The molecular formula is C24H24FN5O3S. The Kier molecular flexibility index (Phi) is 5.41. The predicted octanol–water partition coefficient (Wildman–Crippen LogP) is 3.88. The highest BCUT2D eigenvalue weighted by atomic mass is 32.2. The Morgan fingerprint density at radius 2 is 2.09 bits per heavy atom. The normalized spacial score (nSPS) is 21.7. The van der Waals surface area contributed by atoms with Gasteiger partial charge in [-0.25, -0.2) is 17.5 Å². The lowest BCUT2D eigenvalue weighted by atomic mass is 9.70. The average molecular weight is 482 g/mol. The van der Waals surface area contributed by atoms with Crippen molar-refractivity contribution >= 4 is 16.1 Å². The molecule has 0 aliphatic heterocycles. The van der Waals surface area contributed by atoms with Gasteiger partial charge in [-0.05, 0) is 73.4 Å². The minimum atomic E-state index is -3.91.